The highest BCUT2D eigenvalue weighted by molar-refractivity contribution is 6.36. The minimum Gasteiger partial charge on any atom is -0.459 e. The number of halogens is 1. The molecule has 26 heavy (non-hydrogen) atoms. The molecule has 8 heteroatoms. The molecule has 0 unspecified atom stereocenters. The standard InChI is InChI=1S/C18H23ClN2O5/c1-10(2)25-17(23)13(18(24)26-11(3)4)9-21-14-8-6-7-12(15(14)19)16(22)20-5/h6-11,21H,1-5H3,(H,20,22). The summed E-state index contributed by atoms with van der Waals surface area (Å²) in [4.78, 5) is 36.1. The summed E-state index contributed by atoms with van der Waals surface area (Å²) in [7, 11) is 1.49. The lowest BCUT2D eigenvalue weighted by molar-refractivity contribution is -0.150. The number of hydrogen-bond donors (Lipinski definition) is 2. The zero-order valence-corrected chi connectivity index (χ0v) is 16.1. The first-order valence-corrected chi connectivity index (χ1v) is 8.44. The lowest BCUT2D eigenvalue weighted by Crippen LogP contribution is -2.24. The predicted molar refractivity (Wildman–Crippen MR) is 99.0 cm³/mol. The summed E-state index contributed by atoms with van der Waals surface area (Å²) in [5.41, 5.74) is 0.289. The van der Waals surface area contributed by atoms with Crippen LogP contribution < -0.4 is 10.6 Å². The summed E-state index contributed by atoms with van der Waals surface area (Å²) >= 11 is 6.21. The van der Waals surface area contributed by atoms with E-state index in [1.807, 2.05) is 0 Å². The molecule has 0 heterocycles. The molecule has 1 rings (SSSR count). The number of benzene rings is 1. The molecule has 0 spiro atoms. The van der Waals surface area contributed by atoms with Crippen LogP contribution in [0, 0.1) is 0 Å². The SMILES string of the molecule is CNC(=O)c1cccc(NC=C(C(=O)OC(C)C)C(=O)OC(C)C)c1Cl. The van der Waals surface area contributed by atoms with Gasteiger partial charge in [0.1, 0.15) is 0 Å². The number of ether oxygens (including phenoxy) is 2. The van der Waals surface area contributed by atoms with Crippen LogP contribution in [0.15, 0.2) is 30.0 Å². The van der Waals surface area contributed by atoms with Crippen LogP contribution in [0.1, 0.15) is 38.1 Å². The third-order valence-electron chi connectivity index (χ3n) is 2.97. The van der Waals surface area contributed by atoms with Gasteiger partial charge in [0.25, 0.3) is 5.91 Å². The molecular weight excluding hydrogens is 360 g/mol. The Morgan fingerprint density at radius 2 is 1.58 bits per heavy atom. The van der Waals surface area contributed by atoms with Gasteiger partial charge in [0.2, 0.25) is 0 Å². The monoisotopic (exact) mass is 382 g/mol. The van der Waals surface area contributed by atoms with E-state index in [1.54, 1.807) is 45.9 Å². The predicted octanol–water partition coefficient (Wildman–Crippen LogP) is 2.90. The number of nitrogens with one attached hydrogen (secondary N) is 2. The van der Waals surface area contributed by atoms with E-state index in [4.69, 9.17) is 21.1 Å². The molecule has 142 valence electrons. The topological polar surface area (TPSA) is 93.7 Å². The van der Waals surface area contributed by atoms with Crippen molar-refractivity contribution < 1.29 is 23.9 Å². The van der Waals surface area contributed by atoms with Crippen molar-refractivity contribution >= 4 is 35.1 Å². The van der Waals surface area contributed by atoms with E-state index in [9.17, 15) is 14.4 Å². The van der Waals surface area contributed by atoms with Crippen molar-refractivity contribution in [3.05, 3.63) is 40.6 Å². The van der Waals surface area contributed by atoms with Crippen LogP contribution in [0.2, 0.25) is 5.02 Å². The second-order valence-corrected chi connectivity index (χ2v) is 6.23. The van der Waals surface area contributed by atoms with Gasteiger partial charge in [0.05, 0.1) is 28.5 Å². The smallest absolute Gasteiger partial charge is 0.347 e. The first kappa shape index (κ1) is 21.5. The van der Waals surface area contributed by atoms with Gasteiger partial charge in [-0.3, -0.25) is 4.79 Å². The van der Waals surface area contributed by atoms with E-state index in [0.29, 0.717) is 5.69 Å². The Bertz CT molecular complexity index is 690. The maximum Gasteiger partial charge on any atom is 0.347 e. The fourth-order valence-electron chi connectivity index (χ4n) is 1.86. The Labute approximate surface area is 157 Å². The van der Waals surface area contributed by atoms with Gasteiger partial charge in [-0.2, -0.15) is 0 Å². The van der Waals surface area contributed by atoms with Gasteiger partial charge >= 0.3 is 11.9 Å². The van der Waals surface area contributed by atoms with Crippen LogP contribution >= 0.6 is 11.6 Å². The van der Waals surface area contributed by atoms with Crippen molar-refractivity contribution in [3.63, 3.8) is 0 Å². The average Bonchev–Trinajstić information content (AvgIpc) is 2.54. The number of hydrogen-bond acceptors (Lipinski definition) is 6. The largest absolute Gasteiger partial charge is 0.459 e. The normalized spacial score (nSPS) is 10.3. The van der Waals surface area contributed by atoms with Crippen molar-refractivity contribution in [1.29, 1.82) is 0 Å². The van der Waals surface area contributed by atoms with Gasteiger partial charge in [0.15, 0.2) is 5.57 Å². The zero-order chi connectivity index (χ0) is 19.9. The van der Waals surface area contributed by atoms with Gasteiger partial charge in [-0.25, -0.2) is 9.59 Å². The van der Waals surface area contributed by atoms with Crippen molar-refractivity contribution in [2.45, 2.75) is 39.9 Å². The molecule has 0 aliphatic carbocycles. The fourth-order valence-corrected chi connectivity index (χ4v) is 2.13. The maximum atomic E-state index is 12.2. The number of carbonyl (C=O) groups is 3. The molecule has 1 aromatic rings. The van der Waals surface area contributed by atoms with E-state index in [0.717, 1.165) is 6.20 Å². The molecule has 0 saturated carbocycles. The Balaban J connectivity index is 3.16. The summed E-state index contributed by atoms with van der Waals surface area (Å²) in [6, 6.07) is 4.77. The summed E-state index contributed by atoms with van der Waals surface area (Å²) in [6.07, 6.45) is 0.348. The van der Waals surface area contributed by atoms with E-state index in [1.165, 1.54) is 7.05 Å². The van der Waals surface area contributed by atoms with Crippen molar-refractivity contribution in [2.75, 3.05) is 12.4 Å². The van der Waals surface area contributed by atoms with Crippen LogP contribution in [-0.2, 0) is 19.1 Å². The molecule has 1 aromatic carbocycles. The van der Waals surface area contributed by atoms with Crippen molar-refractivity contribution in [2.24, 2.45) is 0 Å². The van der Waals surface area contributed by atoms with E-state index in [2.05, 4.69) is 10.6 Å². The van der Waals surface area contributed by atoms with Crippen LogP contribution in [0.3, 0.4) is 0 Å². The quantitative estimate of drug-likeness (QED) is 0.326. The number of amides is 1. The molecule has 2 N–H and O–H groups in total. The van der Waals surface area contributed by atoms with Gasteiger partial charge in [-0.05, 0) is 39.8 Å². The summed E-state index contributed by atoms with van der Waals surface area (Å²) < 4.78 is 10.1. The van der Waals surface area contributed by atoms with Gasteiger partial charge < -0.3 is 20.1 Å². The van der Waals surface area contributed by atoms with Crippen LogP contribution in [0.4, 0.5) is 5.69 Å². The van der Waals surface area contributed by atoms with E-state index in [-0.39, 0.29) is 22.1 Å². The Morgan fingerprint density at radius 3 is 2.04 bits per heavy atom. The first-order chi connectivity index (χ1) is 12.2. The molecule has 1 amide bonds. The fraction of sp³-hybridized carbons (Fsp3) is 0.389. The molecule has 0 radical (unpaired) electrons. The highest BCUT2D eigenvalue weighted by Gasteiger charge is 2.23. The van der Waals surface area contributed by atoms with E-state index >= 15 is 0 Å². The second-order valence-electron chi connectivity index (χ2n) is 5.86. The Morgan fingerprint density at radius 1 is 1.04 bits per heavy atom. The maximum absolute atomic E-state index is 12.2. The van der Waals surface area contributed by atoms with Crippen molar-refractivity contribution in [1.82, 2.24) is 5.32 Å². The molecule has 0 aromatic heterocycles. The van der Waals surface area contributed by atoms with Gasteiger partial charge in [-0.1, -0.05) is 17.7 Å². The van der Waals surface area contributed by atoms with Gasteiger partial charge in [-0.15, -0.1) is 0 Å². The third-order valence-corrected chi connectivity index (χ3v) is 3.37. The van der Waals surface area contributed by atoms with Crippen molar-refractivity contribution in [3.8, 4) is 0 Å². The van der Waals surface area contributed by atoms with E-state index < -0.39 is 24.1 Å². The molecular formula is C18H23ClN2O5. The molecule has 0 aliphatic rings. The minimum absolute atomic E-state index is 0.150. The highest BCUT2D eigenvalue weighted by Crippen LogP contribution is 2.26. The van der Waals surface area contributed by atoms with Crippen LogP contribution in [0.5, 0.6) is 0 Å². The minimum atomic E-state index is -0.822. The lowest BCUT2D eigenvalue weighted by atomic mass is 10.2. The Kier molecular flexibility index (Phi) is 8.12. The lowest BCUT2D eigenvalue weighted by Gasteiger charge is -2.13. The molecule has 0 bridgehead atoms. The number of carbonyl (C=O) groups excluding carboxylic acids is 3. The number of esters is 2. The number of rotatable bonds is 7. The first-order valence-electron chi connectivity index (χ1n) is 8.06. The summed E-state index contributed by atoms with van der Waals surface area (Å²) in [5, 5.41) is 5.39. The molecule has 0 fully saturated rings. The van der Waals surface area contributed by atoms with Gasteiger partial charge in [0, 0.05) is 13.2 Å². The third kappa shape index (κ3) is 6.07. The molecule has 0 atom stereocenters. The highest BCUT2D eigenvalue weighted by atomic mass is 35.5. The average molecular weight is 383 g/mol. The second kappa shape index (κ2) is 9.82. The molecule has 0 aliphatic heterocycles. The summed E-state index contributed by atoms with van der Waals surface area (Å²) in [6.45, 7) is 6.67. The Hall–Kier alpha value is -2.54. The molecule has 7 nitrogen and oxygen atoms in total. The number of anilines is 1. The zero-order valence-electron chi connectivity index (χ0n) is 15.4. The summed E-state index contributed by atoms with van der Waals surface area (Å²) in [5.74, 6) is -2.00. The molecule has 0 saturated heterocycles. The van der Waals surface area contributed by atoms with Crippen LogP contribution in [0.25, 0.3) is 0 Å². The van der Waals surface area contributed by atoms with Crippen LogP contribution in [-0.4, -0.2) is 37.1 Å².